The standard InChI is InChI=1S/C15H29N5O/c1-11(2)6-7-13(5)17-15(21)10-20-9-14(18-19-20)8-16-12(3)4/h9,11-13,16H,6-8,10H2,1-5H3,(H,17,21). The number of hydrogen-bond donors (Lipinski definition) is 2. The summed E-state index contributed by atoms with van der Waals surface area (Å²) < 4.78 is 1.59. The number of carbonyl (C=O) groups is 1. The van der Waals surface area contributed by atoms with Crippen LogP contribution in [0.15, 0.2) is 6.20 Å². The molecule has 0 spiro atoms. The molecule has 6 heteroatoms. The molecule has 1 atom stereocenters. The number of hydrogen-bond acceptors (Lipinski definition) is 4. The average Bonchev–Trinajstić information content (AvgIpc) is 2.81. The van der Waals surface area contributed by atoms with Gasteiger partial charge in [-0.1, -0.05) is 32.9 Å². The van der Waals surface area contributed by atoms with E-state index in [9.17, 15) is 4.79 Å². The fourth-order valence-electron chi connectivity index (χ4n) is 1.93. The first-order valence-corrected chi connectivity index (χ1v) is 7.78. The number of carbonyl (C=O) groups excluding carboxylic acids is 1. The number of aromatic nitrogens is 3. The predicted octanol–water partition coefficient (Wildman–Crippen LogP) is 1.72. The SMILES string of the molecule is CC(C)CCC(C)NC(=O)Cn1cc(CNC(C)C)nn1. The van der Waals surface area contributed by atoms with E-state index in [1.807, 2.05) is 13.1 Å². The first-order chi connectivity index (χ1) is 9.86. The van der Waals surface area contributed by atoms with Crippen molar-refractivity contribution in [2.75, 3.05) is 0 Å². The molecule has 0 saturated heterocycles. The second-order valence-electron chi connectivity index (χ2n) is 6.38. The topological polar surface area (TPSA) is 71.8 Å². The minimum absolute atomic E-state index is 0.0143. The minimum Gasteiger partial charge on any atom is -0.352 e. The summed E-state index contributed by atoms with van der Waals surface area (Å²) in [5.41, 5.74) is 0.851. The molecule has 0 radical (unpaired) electrons. The van der Waals surface area contributed by atoms with Crippen LogP contribution in [0.25, 0.3) is 0 Å². The van der Waals surface area contributed by atoms with Crippen molar-refractivity contribution in [3.8, 4) is 0 Å². The van der Waals surface area contributed by atoms with Gasteiger partial charge in [0.15, 0.2) is 0 Å². The van der Waals surface area contributed by atoms with E-state index in [-0.39, 0.29) is 18.5 Å². The maximum absolute atomic E-state index is 11.9. The molecular weight excluding hydrogens is 266 g/mol. The van der Waals surface area contributed by atoms with Crippen LogP contribution in [0.2, 0.25) is 0 Å². The van der Waals surface area contributed by atoms with E-state index in [4.69, 9.17) is 0 Å². The Morgan fingerprint density at radius 3 is 2.57 bits per heavy atom. The zero-order chi connectivity index (χ0) is 15.8. The maximum atomic E-state index is 11.9. The van der Waals surface area contributed by atoms with E-state index in [2.05, 4.69) is 48.6 Å². The summed E-state index contributed by atoms with van der Waals surface area (Å²) in [4.78, 5) is 11.9. The van der Waals surface area contributed by atoms with Crippen molar-refractivity contribution in [1.82, 2.24) is 25.6 Å². The molecule has 120 valence electrons. The van der Waals surface area contributed by atoms with Crippen LogP contribution in [0, 0.1) is 5.92 Å². The molecule has 1 amide bonds. The van der Waals surface area contributed by atoms with Crippen LogP contribution in [0.4, 0.5) is 0 Å². The van der Waals surface area contributed by atoms with Gasteiger partial charge in [-0.15, -0.1) is 5.10 Å². The number of amides is 1. The fraction of sp³-hybridized carbons (Fsp3) is 0.800. The van der Waals surface area contributed by atoms with Crippen molar-refractivity contribution in [2.24, 2.45) is 5.92 Å². The summed E-state index contributed by atoms with van der Waals surface area (Å²) in [6, 6.07) is 0.603. The monoisotopic (exact) mass is 295 g/mol. The van der Waals surface area contributed by atoms with Gasteiger partial charge in [0.2, 0.25) is 5.91 Å². The minimum atomic E-state index is -0.0143. The third-order valence-corrected chi connectivity index (χ3v) is 3.17. The highest BCUT2D eigenvalue weighted by atomic mass is 16.2. The molecule has 2 N–H and O–H groups in total. The van der Waals surface area contributed by atoms with Crippen LogP contribution in [-0.4, -0.2) is 33.0 Å². The summed E-state index contributed by atoms with van der Waals surface area (Å²) in [6.45, 7) is 11.5. The maximum Gasteiger partial charge on any atom is 0.242 e. The summed E-state index contributed by atoms with van der Waals surface area (Å²) in [5.74, 6) is 0.648. The molecule has 1 rings (SSSR count). The van der Waals surface area contributed by atoms with Gasteiger partial charge in [0.25, 0.3) is 0 Å². The Morgan fingerprint density at radius 1 is 1.24 bits per heavy atom. The molecule has 0 aromatic carbocycles. The molecule has 6 nitrogen and oxygen atoms in total. The smallest absolute Gasteiger partial charge is 0.242 e. The fourth-order valence-corrected chi connectivity index (χ4v) is 1.93. The van der Waals surface area contributed by atoms with Gasteiger partial charge in [-0.25, -0.2) is 4.68 Å². The molecule has 0 aliphatic rings. The van der Waals surface area contributed by atoms with Crippen molar-refractivity contribution < 1.29 is 4.79 Å². The normalized spacial score (nSPS) is 12.9. The van der Waals surface area contributed by atoms with Crippen molar-refractivity contribution in [1.29, 1.82) is 0 Å². The Kier molecular flexibility index (Phi) is 7.36. The highest BCUT2D eigenvalue weighted by Gasteiger charge is 2.10. The lowest BCUT2D eigenvalue weighted by Gasteiger charge is -2.14. The van der Waals surface area contributed by atoms with Crippen molar-refractivity contribution in [3.05, 3.63) is 11.9 Å². The number of nitrogens with one attached hydrogen (secondary N) is 2. The molecule has 0 saturated carbocycles. The van der Waals surface area contributed by atoms with Gasteiger partial charge in [0, 0.05) is 18.6 Å². The molecule has 1 aromatic heterocycles. The van der Waals surface area contributed by atoms with Crippen LogP contribution in [0.5, 0.6) is 0 Å². The molecule has 21 heavy (non-hydrogen) atoms. The molecule has 0 aliphatic carbocycles. The Bertz CT molecular complexity index is 427. The molecular formula is C15H29N5O. The molecule has 1 unspecified atom stereocenters. The van der Waals surface area contributed by atoms with Crippen LogP contribution in [0.1, 0.15) is 53.2 Å². The van der Waals surface area contributed by atoms with Crippen molar-refractivity contribution in [2.45, 2.75) is 72.6 Å². The Morgan fingerprint density at radius 2 is 1.95 bits per heavy atom. The molecule has 1 heterocycles. The lowest BCUT2D eigenvalue weighted by atomic mass is 10.0. The second-order valence-corrected chi connectivity index (χ2v) is 6.38. The van der Waals surface area contributed by atoms with Crippen LogP contribution in [0.3, 0.4) is 0 Å². The zero-order valence-electron chi connectivity index (χ0n) is 13.9. The first kappa shape index (κ1) is 17.6. The average molecular weight is 295 g/mol. The van der Waals surface area contributed by atoms with Gasteiger partial charge in [0.1, 0.15) is 6.54 Å². The Hall–Kier alpha value is -1.43. The van der Waals surface area contributed by atoms with E-state index in [1.165, 1.54) is 0 Å². The lowest BCUT2D eigenvalue weighted by molar-refractivity contribution is -0.122. The summed E-state index contributed by atoms with van der Waals surface area (Å²) >= 11 is 0. The molecule has 0 aliphatic heterocycles. The van der Waals surface area contributed by atoms with E-state index >= 15 is 0 Å². The molecule has 0 bridgehead atoms. The van der Waals surface area contributed by atoms with E-state index in [0.717, 1.165) is 18.5 Å². The highest BCUT2D eigenvalue weighted by molar-refractivity contribution is 5.75. The Labute approximate surface area is 127 Å². The lowest BCUT2D eigenvalue weighted by Crippen LogP contribution is -2.35. The van der Waals surface area contributed by atoms with Crippen molar-refractivity contribution >= 4 is 5.91 Å². The van der Waals surface area contributed by atoms with E-state index in [1.54, 1.807) is 4.68 Å². The summed E-state index contributed by atoms with van der Waals surface area (Å²) in [7, 11) is 0. The molecule has 0 fully saturated rings. The van der Waals surface area contributed by atoms with Gasteiger partial charge < -0.3 is 10.6 Å². The first-order valence-electron chi connectivity index (χ1n) is 7.78. The zero-order valence-corrected chi connectivity index (χ0v) is 13.9. The second kappa shape index (κ2) is 8.77. The van der Waals surface area contributed by atoms with Gasteiger partial charge >= 0.3 is 0 Å². The molecule has 1 aromatic rings. The van der Waals surface area contributed by atoms with Gasteiger partial charge in [-0.05, 0) is 25.7 Å². The largest absolute Gasteiger partial charge is 0.352 e. The highest BCUT2D eigenvalue weighted by Crippen LogP contribution is 2.06. The predicted molar refractivity (Wildman–Crippen MR) is 83.7 cm³/mol. The third kappa shape index (κ3) is 7.80. The van der Waals surface area contributed by atoms with Gasteiger partial charge in [0.05, 0.1) is 11.9 Å². The van der Waals surface area contributed by atoms with Crippen LogP contribution < -0.4 is 10.6 Å². The van der Waals surface area contributed by atoms with Crippen LogP contribution >= 0.6 is 0 Å². The number of nitrogens with zero attached hydrogens (tertiary/aromatic N) is 3. The van der Waals surface area contributed by atoms with Crippen LogP contribution in [-0.2, 0) is 17.9 Å². The quantitative estimate of drug-likeness (QED) is 0.727. The van der Waals surface area contributed by atoms with Gasteiger partial charge in [-0.3, -0.25) is 4.79 Å². The number of rotatable bonds is 9. The summed E-state index contributed by atoms with van der Waals surface area (Å²) in [5, 5.41) is 14.3. The van der Waals surface area contributed by atoms with Gasteiger partial charge in [-0.2, -0.15) is 0 Å². The van der Waals surface area contributed by atoms with Crippen molar-refractivity contribution in [3.63, 3.8) is 0 Å². The Balaban J connectivity index is 2.34. The third-order valence-electron chi connectivity index (χ3n) is 3.17. The van der Waals surface area contributed by atoms with E-state index < -0.39 is 0 Å². The summed E-state index contributed by atoms with van der Waals surface area (Å²) in [6.07, 6.45) is 3.94. The van der Waals surface area contributed by atoms with E-state index in [0.29, 0.717) is 18.5 Å².